The van der Waals surface area contributed by atoms with Gasteiger partial charge in [-0.25, -0.2) is 0 Å². The maximum atomic E-state index is 13.0. The number of nitrogens with zero attached hydrogens (tertiary/aromatic N) is 2. The minimum Gasteiger partial charge on any atom is -0.490 e. The lowest BCUT2D eigenvalue weighted by molar-refractivity contribution is -0.142. The number of carbonyl (C=O) groups excluding carboxylic acids is 2. The molecule has 0 spiro atoms. The van der Waals surface area contributed by atoms with Crippen molar-refractivity contribution in [3.05, 3.63) is 40.5 Å². The average Bonchev–Trinajstić information content (AvgIpc) is 2.75. The second kappa shape index (κ2) is 12.1. The van der Waals surface area contributed by atoms with Crippen LogP contribution in [0, 0.1) is 11.3 Å². The van der Waals surface area contributed by atoms with E-state index in [1.165, 1.54) is 19.3 Å². The molecule has 32 heavy (non-hydrogen) atoms. The van der Waals surface area contributed by atoms with Gasteiger partial charge in [-0.15, -0.1) is 0 Å². The predicted molar refractivity (Wildman–Crippen MR) is 125 cm³/mol. The first-order chi connectivity index (χ1) is 15.3. The summed E-state index contributed by atoms with van der Waals surface area (Å²) in [7, 11) is 0. The molecule has 0 aliphatic carbocycles. The summed E-state index contributed by atoms with van der Waals surface area (Å²) >= 11 is 0. The van der Waals surface area contributed by atoms with E-state index in [1.54, 1.807) is 26.8 Å². The third-order valence-corrected chi connectivity index (χ3v) is 5.37. The third kappa shape index (κ3) is 6.00. The molecule has 0 bridgehead atoms. The van der Waals surface area contributed by atoms with Crippen LogP contribution < -0.4 is 9.47 Å². The number of benzene rings is 1. The molecule has 6 nitrogen and oxygen atoms in total. The number of rotatable bonds is 11. The fourth-order valence-electron chi connectivity index (χ4n) is 3.62. The first-order valence-corrected chi connectivity index (χ1v) is 11.5. The molecule has 0 radical (unpaired) electrons. The predicted octanol–water partition coefficient (Wildman–Crippen LogP) is 5.44. The maximum absolute atomic E-state index is 13.0. The standard InChI is InChI=1S/C26H34N2O4/c1-6-8-9-10-11-14-32-23-13-12-20(16-24(23)31-7-2)15-21-19(5)22(17-27)26(30)28(18(3)4)25(21)29/h12-13,15-16,18H,6-11,14H2,1-5H3/b21-15+. The Morgan fingerprint density at radius 3 is 2.38 bits per heavy atom. The number of nitriles is 1. The Hall–Kier alpha value is -3.07. The van der Waals surface area contributed by atoms with E-state index < -0.39 is 11.8 Å². The van der Waals surface area contributed by atoms with E-state index in [-0.39, 0.29) is 11.6 Å². The smallest absolute Gasteiger partial charge is 0.271 e. The molecular formula is C26H34N2O4. The van der Waals surface area contributed by atoms with Gasteiger partial charge in [0.15, 0.2) is 11.5 Å². The number of ether oxygens (including phenoxy) is 2. The van der Waals surface area contributed by atoms with Crippen molar-refractivity contribution >= 4 is 17.9 Å². The van der Waals surface area contributed by atoms with Gasteiger partial charge in [0, 0.05) is 11.6 Å². The summed E-state index contributed by atoms with van der Waals surface area (Å²) in [4.78, 5) is 26.7. The molecule has 0 fully saturated rings. The zero-order valence-corrected chi connectivity index (χ0v) is 19.9. The van der Waals surface area contributed by atoms with Crippen LogP contribution in [0.4, 0.5) is 0 Å². The number of imide groups is 1. The van der Waals surface area contributed by atoms with Crippen molar-refractivity contribution in [2.75, 3.05) is 13.2 Å². The molecule has 0 atom stereocenters. The normalized spacial score (nSPS) is 15.5. The first kappa shape index (κ1) is 25.2. The van der Waals surface area contributed by atoms with Crippen LogP contribution in [0.3, 0.4) is 0 Å². The second-order valence-electron chi connectivity index (χ2n) is 8.15. The summed E-state index contributed by atoms with van der Waals surface area (Å²) in [6, 6.07) is 7.13. The van der Waals surface area contributed by atoms with Gasteiger partial charge in [0.25, 0.3) is 11.8 Å². The molecule has 1 aromatic carbocycles. The summed E-state index contributed by atoms with van der Waals surface area (Å²) in [6.07, 6.45) is 7.50. The lowest BCUT2D eigenvalue weighted by Crippen LogP contribution is -2.46. The molecule has 0 saturated carbocycles. The van der Waals surface area contributed by atoms with Crippen LogP contribution in [0.25, 0.3) is 6.08 Å². The minimum atomic E-state index is -0.542. The lowest BCUT2D eigenvalue weighted by Gasteiger charge is -2.30. The molecule has 1 aliphatic rings. The zero-order chi connectivity index (χ0) is 23.7. The highest BCUT2D eigenvalue weighted by Crippen LogP contribution is 2.32. The van der Waals surface area contributed by atoms with Crippen molar-refractivity contribution in [2.45, 2.75) is 72.8 Å². The van der Waals surface area contributed by atoms with E-state index in [0.29, 0.717) is 35.9 Å². The maximum Gasteiger partial charge on any atom is 0.271 e. The van der Waals surface area contributed by atoms with Gasteiger partial charge in [0.2, 0.25) is 0 Å². The van der Waals surface area contributed by atoms with E-state index in [9.17, 15) is 14.9 Å². The Morgan fingerprint density at radius 1 is 1.03 bits per heavy atom. The van der Waals surface area contributed by atoms with E-state index >= 15 is 0 Å². The van der Waals surface area contributed by atoms with Crippen LogP contribution in [0.1, 0.15) is 72.3 Å². The molecule has 0 N–H and O–H groups in total. The second-order valence-corrected chi connectivity index (χ2v) is 8.15. The molecule has 0 unspecified atom stereocenters. The van der Waals surface area contributed by atoms with Gasteiger partial charge < -0.3 is 9.47 Å². The summed E-state index contributed by atoms with van der Waals surface area (Å²) in [6.45, 7) is 10.4. The Kier molecular flexibility index (Phi) is 9.52. The number of amides is 2. The quantitative estimate of drug-likeness (QED) is 0.261. The van der Waals surface area contributed by atoms with Gasteiger partial charge >= 0.3 is 0 Å². The van der Waals surface area contributed by atoms with E-state index in [2.05, 4.69) is 6.92 Å². The van der Waals surface area contributed by atoms with Gasteiger partial charge in [-0.2, -0.15) is 5.26 Å². The molecule has 1 heterocycles. The van der Waals surface area contributed by atoms with Gasteiger partial charge in [-0.05, 0) is 63.5 Å². The highest BCUT2D eigenvalue weighted by atomic mass is 16.5. The van der Waals surface area contributed by atoms with Crippen LogP contribution in [-0.4, -0.2) is 36.0 Å². The van der Waals surface area contributed by atoms with Crippen molar-refractivity contribution < 1.29 is 19.1 Å². The number of hydrogen-bond acceptors (Lipinski definition) is 5. The minimum absolute atomic E-state index is 0.00221. The molecule has 1 aromatic rings. The Labute approximate surface area is 191 Å². The van der Waals surface area contributed by atoms with E-state index in [1.807, 2.05) is 31.2 Å². The highest BCUT2D eigenvalue weighted by Gasteiger charge is 2.36. The average molecular weight is 439 g/mol. The summed E-state index contributed by atoms with van der Waals surface area (Å²) in [5.74, 6) is 0.340. The summed E-state index contributed by atoms with van der Waals surface area (Å²) in [5, 5.41) is 9.47. The number of hydrogen-bond donors (Lipinski definition) is 0. The van der Waals surface area contributed by atoms with Crippen molar-refractivity contribution in [3.8, 4) is 17.6 Å². The van der Waals surface area contributed by atoms with E-state index in [0.717, 1.165) is 23.3 Å². The molecule has 172 valence electrons. The largest absolute Gasteiger partial charge is 0.490 e. The molecule has 0 saturated heterocycles. The van der Waals surface area contributed by atoms with Crippen LogP contribution in [0.2, 0.25) is 0 Å². The van der Waals surface area contributed by atoms with Gasteiger partial charge in [-0.1, -0.05) is 38.7 Å². The Bertz CT molecular complexity index is 938. The monoisotopic (exact) mass is 438 g/mol. The molecular weight excluding hydrogens is 404 g/mol. The molecule has 0 aromatic heterocycles. The van der Waals surface area contributed by atoms with Crippen molar-refractivity contribution in [3.63, 3.8) is 0 Å². The Morgan fingerprint density at radius 2 is 1.75 bits per heavy atom. The van der Waals surface area contributed by atoms with Crippen molar-refractivity contribution in [2.24, 2.45) is 0 Å². The number of unbranched alkanes of at least 4 members (excludes halogenated alkanes) is 4. The fourth-order valence-corrected chi connectivity index (χ4v) is 3.62. The van der Waals surface area contributed by atoms with Crippen LogP contribution >= 0.6 is 0 Å². The lowest BCUT2D eigenvalue weighted by atomic mass is 9.93. The third-order valence-electron chi connectivity index (χ3n) is 5.37. The SMILES string of the molecule is CCCCCCCOc1ccc(/C=C2/C(=O)N(C(C)C)C(=O)C(C#N)=C2C)cc1OCC. The molecule has 2 rings (SSSR count). The zero-order valence-electron chi connectivity index (χ0n) is 19.9. The van der Waals surface area contributed by atoms with Gasteiger partial charge in [0.05, 0.1) is 13.2 Å². The van der Waals surface area contributed by atoms with E-state index in [4.69, 9.17) is 9.47 Å². The van der Waals surface area contributed by atoms with Gasteiger partial charge in [0.1, 0.15) is 11.6 Å². The topological polar surface area (TPSA) is 79.6 Å². The molecule has 1 aliphatic heterocycles. The van der Waals surface area contributed by atoms with Crippen LogP contribution in [0.5, 0.6) is 11.5 Å². The summed E-state index contributed by atoms with van der Waals surface area (Å²) in [5.41, 5.74) is 1.46. The van der Waals surface area contributed by atoms with Crippen LogP contribution in [-0.2, 0) is 9.59 Å². The van der Waals surface area contributed by atoms with Crippen molar-refractivity contribution in [1.29, 1.82) is 5.26 Å². The fraction of sp³-hybridized carbons (Fsp3) is 0.500. The molecule has 6 heteroatoms. The first-order valence-electron chi connectivity index (χ1n) is 11.5. The number of carbonyl (C=O) groups is 2. The van der Waals surface area contributed by atoms with Gasteiger partial charge in [-0.3, -0.25) is 14.5 Å². The molecule has 2 amide bonds. The summed E-state index contributed by atoms with van der Waals surface area (Å²) < 4.78 is 11.7. The van der Waals surface area contributed by atoms with Crippen LogP contribution in [0.15, 0.2) is 34.9 Å². The van der Waals surface area contributed by atoms with Crippen molar-refractivity contribution in [1.82, 2.24) is 4.90 Å². The Balaban J connectivity index is 2.31. The highest BCUT2D eigenvalue weighted by molar-refractivity contribution is 6.19.